The van der Waals surface area contributed by atoms with Crippen molar-refractivity contribution in [1.29, 1.82) is 5.26 Å². The third-order valence-corrected chi connectivity index (χ3v) is 6.80. The van der Waals surface area contributed by atoms with Crippen LogP contribution in [0.2, 0.25) is 5.02 Å². The minimum Gasteiger partial charge on any atom is -0.331 e. The fraction of sp³-hybridized carbons (Fsp3) is 0.0435. The fourth-order valence-electron chi connectivity index (χ4n) is 2.91. The van der Waals surface area contributed by atoms with Crippen molar-refractivity contribution in [1.82, 2.24) is 25.8 Å². The largest absolute Gasteiger partial charge is 0.331 e. The second-order valence-electron chi connectivity index (χ2n) is 6.84. The summed E-state index contributed by atoms with van der Waals surface area (Å²) in [6.45, 7) is 0. The van der Waals surface area contributed by atoms with Gasteiger partial charge in [-0.25, -0.2) is 4.98 Å². The van der Waals surface area contributed by atoms with E-state index in [0.29, 0.717) is 27.0 Å². The van der Waals surface area contributed by atoms with Crippen LogP contribution in [0.15, 0.2) is 71.5 Å². The summed E-state index contributed by atoms with van der Waals surface area (Å²) < 4.78 is 0. The van der Waals surface area contributed by atoms with Gasteiger partial charge in [0.15, 0.2) is 5.11 Å². The highest BCUT2D eigenvalue weighted by atomic mass is 35.5. The number of rotatable bonds is 6. The number of pyridine rings is 1. The number of carbonyl (C=O) groups is 1. The van der Waals surface area contributed by atoms with E-state index < -0.39 is 0 Å². The second kappa shape index (κ2) is 11.7. The number of nitriles is 1. The summed E-state index contributed by atoms with van der Waals surface area (Å²) in [6.07, 6.45) is 4.76. The van der Waals surface area contributed by atoms with Gasteiger partial charge in [0.2, 0.25) is 5.91 Å². The molecule has 0 aliphatic rings. The maximum Gasteiger partial charge on any atom is 0.248 e. The zero-order valence-electron chi connectivity index (χ0n) is 17.9. The third kappa shape index (κ3) is 6.52. The van der Waals surface area contributed by atoms with E-state index in [1.54, 1.807) is 42.9 Å². The van der Waals surface area contributed by atoms with E-state index in [9.17, 15) is 10.1 Å². The average Bonchev–Trinajstić information content (AvgIpc) is 3.42. The molecule has 4 aromatic rings. The van der Waals surface area contributed by atoms with Gasteiger partial charge in [-0.1, -0.05) is 29.4 Å². The number of anilines is 1. The zero-order chi connectivity index (χ0) is 24.6. The average molecular weight is 538 g/mol. The molecule has 12 heteroatoms. The van der Waals surface area contributed by atoms with E-state index in [2.05, 4.69) is 37.2 Å². The summed E-state index contributed by atoms with van der Waals surface area (Å²) in [5.41, 5.74) is 8.17. The van der Waals surface area contributed by atoms with Gasteiger partial charge in [0.05, 0.1) is 23.2 Å². The predicted molar refractivity (Wildman–Crippen MR) is 143 cm³/mol. The molecule has 4 rings (SSSR count). The Balaban J connectivity index is 1.46. The number of amides is 1. The Morgan fingerprint density at radius 3 is 2.69 bits per heavy atom. The van der Waals surface area contributed by atoms with Crippen molar-refractivity contribution in [3.05, 3.63) is 77.0 Å². The summed E-state index contributed by atoms with van der Waals surface area (Å²) in [6, 6.07) is 14.9. The van der Waals surface area contributed by atoms with Crippen LogP contribution in [0.4, 0.5) is 5.69 Å². The van der Waals surface area contributed by atoms with Gasteiger partial charge in [-0.05, 0) is 54.0 Å². The molecule has 174 valence electrons. The molecular formula is C23H16ClN7OS3. The van der Waals surface area contributed by atoms with Gasteiger partial charge in [-0.2, -0.15) is 5.26 Å². The zero-order valence-corrected chi connectivity index (χ0v) is 21.1. The van der Waals surface area contributed by atoms with Crippen molar-refractivity contribution in [3.8, 4) is 27.9 Å². The van der Waals surface area contributed by atoms with Crippen LogP contribution in [-0.4, -0.2) is 31.7 Å². The molecule has 0 radical (unpaired) electrons. The number of hydrogen-bond donors (Lipinski definition) is 3. The Morgan fingerprint density at radius 1 is 1.17 bits per heavy atom. The number of nitrogens with zero attached hydrogens (tertiary/aromatic N) is 4. The molecule has 3 N–H and O–H groups in total. The van der Waals surface area contributed by atoms with E-state index in [0.717, 1.165) is 27.9 Å². The molecule has 8 nitrogen and oxygen atoms in total. The summed E-state index contributed by atoms with van der Waals surface area (Å²) in [5, 5.41) is 16.0. The molecule has 0 aliphatic carbocycles. The fourth-order valence-corrected chi connectivity index (χ4v) is 4.76. The maximum absolute atomic E-state index is 12.5. The first-order chi connectivity index (χ1) is 17.0. The number of nitrogens with one attached hydrogen (secondary N) is 3. The van der Waals surface area contributed by atoms with Gasteiger partial charge in [-0.15, -0.1) is 11.3 Å². The first kappa shape index (κ1) is 24.6. The van der Waals surface area contributed by atoms with E-state index in [4.69, 9.17) is 23.8 Å². The molecule has 0 atom stereocenters. The number of hydrogen-bond acceptors (Lipinski definition) is 8. The molecule has 0 fully saturated rings. The summed E-state index contributed by atoms with van der Waals surface area (Å²) in [4.78, 5) is 26.4. The third-order valence-electron chi connectivity index (χ3n) is 4.47. The lowest BCUT2D eigenvalue weighted by Gasteiger charge is -2.13. The van der Waals surface area contributed by atoms with E-state index in [-0.39, 0.29) is 16.8 Å². The lowest BCUT2D eigenvalue weighted by Crippen LogP contribution is -2.44. The molecule has 3 heterocycles. The molecule has 0 saturated carbocycles. The number of carbonyl (C=O) groups excluding carboxylic acids is 1. The Morgan fingerprint density at radius 2 is 2.00 bits per heavy atom. The van der Waals surface area contributed by atoms with Crippen molar-refractivity contribution in [2.45, 2.75) is 5.03 Å². The first-order valence-corrected chi connectivity index (χ1v) is 12.7. The summed E-state index contributed by atoms with van der Waals surface area (Å²) >= 11 is 13.7. The highest BCUT2D eigenvalue weighted by Crippen LogP contribution is 2.35. The molecule has 0 unspecified atom stereocenters. The highest BCUT2D eigenvalue weighted by molar-refractivity contribution is 8.00. The van der Waals surface area contributed by atoms with Crippen LogP contribution >= 0.6 is 46.9 Å². The first-order valence-electron chi connectivity index (χ1n) is 10.0. The van der Waals surface area contributed by atoms with Crippen LogP contribution in [0.1, 0.15) is 5.56 Å². The minimum atomic E-state index is -0.344. The number of thiocarbonyl (C=S) groups is 1. The molecule has 1 amide bonds. The van der Waals surface area contributed by atoms with Crippen molar-refractivity contribution in [2.24, 2.45) is 0 Å². The monoisotopic (exact) mass is 537 g/mol. The van der Waals surface area contributed by atoms with Crippen LogP contribution in [-0.2, 0) is 4.79 Å². The Kier molecular flexibility index (Phi) is 8.23. The predicted octanol–water partition coefficient (Wildman–Crippen LogP) is 4.90. The smallest absolute Gasteiger partial charge is 0.248 e. The number of halogens is 1. The van der Waals surface area contributed by atoms with Crippen molar-refractivity contribution < 1.29 is 4.79 Å². The summed E-state index contributed by atoms with van der Waals surface area (Å²) in [7, 11) is 0. The molecule has 35 heavy (non-hydrogen) atoms. The number of thiophene rings is 1. The number of hydrazine groups is 1. The van der Waals surface area contributed by atoms with Gasteiger partial charge in [0.25, 0.3) is 0 Å². The molecule has 0 saturated heterocycles. The van der Waals surface area contributed by atoms with Gasteiger partial charge in [0.1, 0.15) is 16.8 Å². The standard InChI is InChI=1S/C23H16ClN7OS3/c24-14-3-5-15(6-4-14)28-23(33)31-30-21(32)13-35-22-17(11-25)16(20-2-1-9-34-20)10-18(29-22)19-12-26-7-8-27-19/h1-10,12H,13H2,(H,30,32)(H2,28,31,33). The minimum absolute atomic E-state index is 0.00599. The molecular weight excluding hydrogens is 522 g/mol. The van der Waals surface area contributed by atoms with E-state index >= 15 is 0 Å². The lowest BCUT2D eigenvalue weighted by molar-refractivity contribution is -0.119. The van der Waals surface area contributed by atoms with Crippen molar-refractivity contribution >= 4 is 63.6 Å². The Bertz CT molecular complexity index is 1380. The lowest BCUT2D eigenvalue weighted by atomic mass is 10.1. The van der Waals surface area contributed by atoms with Crippen LogP contribution in [0.3, 0.4) is 0 Å². The molecule has 0 bridgehead atoms. The van der Waals surface area contributed by atoms with Crippen LogP contribution in [0.25, 0.3) is 21.8 Å². The molecule has 1 aromatic carbocycles. The number of thioether (sulfide) groups is 1. The van der Waals surface area contributed by atoms with Gasteiger partial charge in [0, 0.05) is 33.5 Å². The van der Waals surface area contributed by atoms with Gasteiger partial charge < -0.3 is 5.32 Å². The van der Waals surface area contributed by atoms with Crippen LogP contribution in [0.5, 0.6) is 0 Å². The van der Waals surface area contributed by atoms with Crippen molar-refractivity contribution in [2.75, 3.05) is 11.1 Å². The van der Waals surface area contributed by atoms with Crippen molar-refractivity contribution in [3.63, 3.8) is 0 Å². The number of benzene rings is 1. The van der Waals surface area contributed by atoms with E-state index in [1.807, 2.05) is 23.6 Å². The van der Waals surface area contributed by atoms with Gasteiger partial charge >= 0.3 is 0 Å². The SMILES string of the molecule is N#Cc1c(-c2cccs2)cc(-c2cnccn2)nc1SCC(=O)NNC(=S)Nc1ccc(Cl)cc1. The molecule has 3 aromatic heterocycles. The Labute approximate surface area is 219 Å². The molecule has 0 aliphatic heterocycles. The Hall–Kier alpha value is -3.56. The van der Waals surface area contributed by atoms with Crippen LogP contribution in [0, 0.1) is 11.3 Å². The van der Waals surface area contributed by atoms with Crippen LogP contribution < -0.4 is 16.2 Å². The van der Waals surface area contributed by atoms with E-state index in [1.165, 1.54) is 11.3 Å². The molecule has 0 spiro atoms. The summed E-state index contributed by atoms with van der Waals surface area (Å²) in [5.74, 6) is -0.338. The number of aromatic nitrogens is 3. The quantitative estimate of drug-likeness (QED) is 0.179. The van der Waals surface area contributed by atoms with Gasteiger partial charge in [-0.3, -0.25) is 25.6 Å². The maximum atomic E-state index is 12.5. The topological polar surface area (TPSA) is 116 Å². The second-order valence-corrected chi connectivity index (χ2v) is 9.59. The highest BCUT2D eigenvalue weighted by Gasteiger charge is 2.18. The normalized spacial score (nSPS) is 10.3.